The molecule has 0 bridgehead atoms. The van der Waals surface area contributed by atoms with Gasteiger partial charge in [-0.05, 0) is 48.9 Å². The van der Waals surface area contributed by atoms with Crippen LogP contribution in [0.1, 0.15) is 22.8 Å². The van der Waals surface area contributed by atoms with Crippen LogP contribution in [0.3, 0.4) is 0 Å². The van der Waals surface area contributed by atoms with Crippen LogP contribution < -0.4 is 10.7 Å². The summed E-state index contributed by atoms with van der Waals surface area (Å²) in [5, 5.41) is 14.8. The molecule has 0 spiro atoms. The van der Waals surface area contributed by atoms with Crippen molar-refractivity contribution in [2.75, 3.05) is 5.32 Å². The van der Waals surface area contributed by atoms with Crippen LogP contribution in [0.15, 0.2) is 53.6 Å². The number of nitrogens with zero attached hydrogens (tertiary/aromatic N) is 1. The summed E-state index contributed by atoms with van der Waals surface area (Å²) >= 11 is 0. The number of amides is 2. The molecule has 0 atom stereocenters. The molecule has 0 aliphatic rings. The molecular formula is C17H14F3N3O3. The van der Waals surface area contributed by atoms with Crippen LogP contribution in [0, 0.1) is 0 Å². The Labute approximate surface area is 146 Å². The molecule has 3 N–H and O–H groups in total. The maximum absolute atomic E-state index is 12.2. The zero-order valence-corrected chi connectivity index (χ0v) is 13.5. The molecule has 0 saturated carbocycles. The fraction of sp³-hybridized carbons (Fsp3) is 0.118. The summed E-state index contributed by atoms with van der Waals surface area (Å²) in [6, 6.07) is 11.1. The monoisotopic (exact) mass is 365 g/mol. The Bertz CT molecular complexity index is 829. The Kier molecular flexibility index (Phi) is 5.61. The Balaban J connectivity index is 2.01. The third-order valence-electron chi connectivity index (χ3n) is 3.27. The largest absolute Gasteiger partial charge is 0.508 e. The van der Waals surface area contributed by atoms with Gasteiger partial charge in [0.2, 0.25) is 0 Å². The highest BCUT2D eigenvalue weighted by Gasteiger charge is 2.38. The van der Waals surface area contributed by atoms with Gasteiger partial charge in [-0.3, -0.25) is 9.59 Å². The SMILES string of the molecule is C/C(=N/NC(=O)c1ccc(O)cc1)c1ccc(NC(=O)C(F)(F)F)cc1. The van der Waals surface area contributed by atoms with E-state index in [2.05, 4.69) is 10.5 Å². The third-order valence-corrected chi connectivity index (χ3v) is 3.27. The third kappa shape index (κ3) is 5.07. The first-order valence-electron chi connectivity index (χ1n) is 7.29. The number of halogens is 3. The lowest BCUT2D eigenvalue weighted by molar-refractivity contribution is -0.167. The molecule has 2 aromatic carbocycles. The number of hydrazone groups is 1. The van der Waals surface area contributed by atoms with E-state index in [-0.39, 0.29) is 11.4 Å². The highest BCUT2D eigenvalue weighted by atomic mass is 19.4. The van der Waals surface area contributed by atoms with E-state index in [1.54, 1.807) is 12.2 Å². The number of carbonyl (C=O) groups is 2. The minimum atomic E-state index is -4.96. The molecule has 0 aliphatic carbocycles. The molecule has 0 aromatic heterocycles. The summed E-state index contributed by atoms with van der Waals surface area (Å²) < 4.78 is 36.6. The van der Waals surface area contributed by atoms with Crippen molar-refractivity contribution in [3.63, 3.8) is 0 Å². The Hall–Kier alpha value is -3.36. The molecule has 0 unspecified atom stereocenters. The summed E-state index contributed by atoms with van der Waals surface area (Å²) in [6.45, 7) is 1.60. The van der Waals surface area contributed by atoms with Crippen molar-refractivity contribution in [3.05, 3.63) is 59.7 Å². The summed E-state index contributed by atoms with van der Waals surface area (Å²) in [4.78, 5) is 22.8. The maximum atomic E-state index is 12.2. The van der Waals surface area contributed by atoms with Gasteiger partial charge in [0.25, 0.3) is 5.91 Å². The normalized spacial score (nSPS) is 11.8. The average molecular weight is 365 g/mol. The molecule has 2 aromatic rings. The number of benzene rings is 2. The molecule has 2 amide bonds. The van der Waals surface area contributed by atoms with Crippen molar-refractivity contribution in [2.45, 2.75) is 13.1 Å². The highest BCUT2D eigenvalue weighted by molar-refractivity contribution is 6.01. The molecule has 9 heteroatoms. The molecule has 0 fully saturated rings. The van der Waals surface area contributed by atoms with Crippen LogP contribution in [0.2, 0.25) is 0 Å². The second-order valence-electron chi connectivity index (χ2n) is 5.21. The van der Waals surface area contributed by atoms with E-state index in [1.165, 1.54) is 48.5 Å². The zero-order chi connectivity index (χ0) is 19.3. The lowest BCUT2D eigenvalue weighted by Crippen LogP contribution is -2.29. The van der Waals surface area contributed by atoms with E-state index >= 15 is 0 Å². The van der Waals surface area contributed by atoms with Crippen LogP contribution in [-0.4, -0.2) is 28.8 Å². The van der Waals surface area contributed by atoms with E-state index in [1.807, 2.05) is 0 Å². The molecule has 2 rings (SSSR count). The standard InChI is InChI=1S/C17H14F3N3O3/c1-10(22-23-15(25)12-4-8-14(24)9-5-12)11-2-6-13(7-3-11)21-16(26)17(18,19)20/h2-9,24H,1H3,(H,21,26)(H,23,25)/b22-10-. The van der Waals surface area contributed by atoms with Gasteiger partial charge in [-0.15, -0.1) is 0 Å². The van der Waals surface area contributed by atoms with E-state index in [0.29, 0.717) is 16.8 Å². The number of aromatic hydroxyl groups is 1. The van der Waals surface area contributed by atoms with Crippen LogP contribution >= 0.6 is 0 Å². The first-order valence-corrected chi connectivity index (χ1v) is 7.29. The van der Waals surface area contributed by atoms with Crippen molar-refractivity contribution in [2.24, 2.45) is 5.10 Å². The van der Waals surface area contributed by atoms with Gasteiger partial charge >= 0.3 is 12.1 Å². The van der Waals surface area contributed by atoms with Crippen molar-refractivity contribution in [1.82, 2.24) is 5.43 Å². The van der Waals surface area contributed by atoms with E-state index in [4.69, 9.17) is 0 Å². The summed E-state index contributed by atoms with van der Waals surface area (Å²) in [5.41, 5.74) is 3.56. The van der Waals surface area contributed by atoms with E-state index in [9.17, 15) is 27.9 Å². The average Bonchev–Trinajstić information content (AvgIpc) is 2.59. The van der Waals surface area contributed by atoms with Crippen LogP contribution in [-0.2, 0) is 4.79 Å². The maximum Gasteiger partial charge on any atom is 0.471 e. The van der Waals surface area contributed by atoms with Gasteiger partial charge in [-0.25, -0.2) is 5.43 Å². The van der Waals surface area contributed by atoms with Gasteiger partial charge in [0.15, 0.2) is 0 Å². The Morgan fingerprint density at radius 2 is 1.50 bits per heavy atom. The molecular weight excluding hydrogens is 351 g/mol. The van der Waals surface area contributed by atoms with Gasteiger partial charge < -0.3 is 10.4 Å². The number of carbonyl (C=O) groups excluding carboxylic acids is 2. The minimum Gasteiger partial charge on any atom is -0.508 e. The molecule has 0 saturated heterocycles. The number of alkyl halides is 3. The fourth-order valence-electron chi connectivity index (χ4n) is 1.87. The number of hydrogen-bond donors (Lipinski definition) is 3. The first kappa shape index (κ1) is 19.0. The van der Waals surface area contributed by atoms with Crippen LogP contribution in [0.25, 0.3) is 0 Å². The smallest absolute Gasteiger partial charge is 0.471 e. The van der Waals surface area contributed by atoms with Crippen molar-refractivity contribution >= 4 is 23.2 Å². The predicted octanol–water partition coefficient (Wildman–Crippen LogP) is 3.05. The lowest BCUT2D eigenvalue weighted by atomic mass is 10.1. The van der Waals surface area contributed by atoms with Gasteiger partial charge in [-0.1, -0.05) is 12.1 Å². The summed E-state index contributed by atoms with van der Waals surface area (Å²) in [7, 11) is 0. The zero-order valence-electron chi connectivity index (χ0n) is 13.5. The molecule has 26 heavy (non-hydrogen) atoms. The Morgan fingerprint density at radius 1 is 0.962 bits per heavy atom. The van der Waals surface area contributed by atoms with Gasteiger partial charge in [0.05, 0.1) is 5.71 Å². The number of phenolic OH excluding ortho intramolecular Hbond substituents is 1. The van der Waals surface area contributed by atoms with Crippen molar-refractivity contribution in [3.8, 4) is 5.75 Å². The van der Waals surface area contributed by atoms with Crippen LogP contribution in [0.5, 0.6) is 5.75 Å². The van der Waals surface area contributed by atoms with Gasteiger partial charge in [-0.2, -0.15) is 18.3 Å². The van der Waals surface area contributed by atoms with Crippen molar-refractivity contribution < 1.29 is 27.9 Å². The summed E-state index contributed by atoms with van der Waals surface area (Å²) in [6.07, 6.45) is -4.96. The number of anilines is 1. The number of hydrogen-bond acceptors (Lipinski definition) is 4. The second-order valence-corrected chi connectivity index (χ2v) is 5.21. The van der Waals surface area contributed by atoms with Crippen molar-refractivity contribution in [1.29, 1.82) is 0 Å². The topological polar surface area (TPSA) is 90.8 Å². The highest BCUT2D eigenvalue weighted by Crippen LogP contribution is 2.18. The molecule has 6 nitrogen and oxygen atoms in total. The van der Waals surface area contributed by atoms with E-state index < -0.39 is 18.0 Å². The Morgan fingerprint density at radius 3 is 2.04 bits per heavy atom. The van der Waals surface area contributed by atoms with Gasteiger partial charge in [0.1, 0.15) is 5.75 Å². The van der Waals surface area contributed by atoms with E-state index in [0.717, 1.165) is 0 Å². The quantitative estimate of drug-likeness (QED) is 0.575. The minimum absolute atomic E-state index is 0.0167. The lowest BCUT2D eigenvalue weighted by Gasteiger charge is -2.08. The number of phenols is 1. The molecule has 0 aliphatic heterocycles. The van der Waals surface area contributed by atoms with Gasteiger partial charge in [0, 0.05) is 11.3 Å². The summed E-state index contributed by atoms with van der Waals surface area (Å²) in [5.74, 6) is -2.52. The predicted molar refractivity (Wildman–Crippen MR) is 88.9 cm³/mol. The molecule has 136 valence electrons. The first-order chi connectivity index (χ1) is 12.2. The fourth-order valence-corrected chi connectivity index (χ4v) is 1.87. The molecule has 0 radical (unpaired) electrons. The number of rotatable bonds is 4. The van der Waals surface area contributed by atoms with Crippen LogP contribution in [0.4, 0.5) is 18.9 Å². The molecule has 0 heterocycles. The second kappa shape index (κ2) is 7.68. The number of nitrogens with one attached hydrogen (secondary N) is 2.